The quantitative estimate of drug-likeness (QED) is 0.855. The predicted molar refractivity (Wildman–Crippen MR) is 76.3 cm³/mol. The Kier molecular flexibility index (Phi) is 3.38. The Bertz CT molecular complexity index is 534. The molecule has 2 fully saturated rings. The molecular weight excluding hydrogens is 257 g/mol. The number of nitrogens with one attached hydrogen (secondary N) is 1. The summed E-state index contributed by atoms with van der Waals surface area (Å²) in [5.74, 6) is 0.253. The maximum atomic E-state index is 13.2. The highest BCUT2D eigenvalue weighted by atomic mass is 19.1. The molecule has 3 rings (SSSR count). The van der Waals surface area contributed by atoms with E-state index in [0.29, 0.717) is 17.6 Å². The summed E-state index contributed by atoms with van der Waals surface area (Å²) in [6.07, 6.45) is 1.16. The Balaban J connectivity index is 1.67. The van der Waals surface area contributed by atoms with Crippen molar-refractivity contribution in [1.82, 2.24) is 9.80 Å². The number of rotatable bonds is 1. The fraction of sp³-hybridized carbons (Fsp3) is 0.533. The normalized spacial score (nSPS) is 25.9. The summed E-state index contributed by atoms with van der Waals surface area (Å²) in [5.41, 5.74) is 1.43. The number of carbonyl (C=O) groups excluding carboxylic acids is 1. The summed E-state index contributed by atoms with van der Waals surface area (Å²) in [4.78, 5) is 16.5. The topological polar surface area (TPSA) is 35.6 Å². The standard InChI is InChI=1S/C15H20FN3O/c1-10-3-4-12(16)7-13(10)17-15(20)19-8-11-5-6-18(2)14(11)9-19/h3-4,7,11,14H,5-6,8-9H2,1-2H3,(H,17,20)/t11-,14+/m1/s1. The maximum absolute atomic E-state index is 13.2. The summed E-state index contributed by atoms with van der Waals surface area (Å²) < 4.78 is 13.2. The Morgan fingerprint density at radius 3 is 2.95 bits per heavy atom. The highest BCUT2D eigenvalue weighted by Gasteiger charge is 2.41. The molecule has 2 saturated heterocycles. The molecule has 4 nitrogen and oxygen atoms in total. The molecule has 0 radical (unpaired) electrons. The van der Waals surface area contributed by atoms with Crippen molar-refractivity contribution in [3.05, 3.63) is 29.6 Å². The van der Waals surface area contributed by atoms with E-state index >= 15 is 0 Å². The van der Waals surface area contributed by atoms with Crippen molar-refractivity contribution in [1.29, 1.82) is 0 Å². The van der Waals surface area contributed by atoms with Crippen LogP contribution in [0.3, 0.4) is 0 Å². The monoisotopic (exact) mass is 277 g/mol. The van der Waals surface area contributed by atoms with Crippen molar-refractivity contribution in [2.75, 3.05) is 32.0 Å². The molecule has 108 valence electrons. The van der Waals surface area contributed by atoms with Crippen LogP contribution in [0.25, 0.3) is 0 Å². The number of benzene rings is 1. The van der Waals surface area contributed by atoms with Gasteiger partial charge in [-0.2, -0.15) is 0 Å². The van der Waals surface area contributed by atoms with E-state index in [1.165, 1.54) is 12.1 Å². The van der Waals surface area contributed by atoms with Crippen LogP contribution in [0, 0.1) is 18.7 Å². The Morgan fingerprint density at radius 2 is 2.20 bits per heavy atom. The number of hydrogen-bond donors (Lipinski definition) is 1. The van der Waals surface area contributed by atoms with Crippen molar-refractivity contribution in [2.24, 2.45) is 5.92 Å². The summed E-state index contributed by atoms with van der Waals surface area (Å²) in [7, 11) is 2.11. The average Bonchev–Trinajstić information content (AvgIpc) is 2.97. The van der Waals surface area contributed by atoms with Crippen molar-refractivity contribution < 1.29 is 9.18 Å². The van der Waals surface area contributed by atoms with Crippen LogP contribution in [0.15, 0.2) is 18.2 Å². The van der Waals surface area contributed by atoms with Gasteiger partial charge in [0.1, 0.15) is 5.82 Å². The number of halogens is 1. The van der Waals surface area contributed by atoms with Crippen LogP contribution in [-0.4, -0.2) is 48.6 Å². The van der Waals surface area contributed by atoms with Gasteiger partial charge in [0.25, 0.3) is 0 Å². The van der Waals surface area contributed by atoms with Gasteiger partial charge in [-0.1, -0.05) is 6.07 Å². The van der Waals surface area contributed by atoms with E-state index in [1.54, 1.807) is 6.07 Å². The van der Waals surface area contributed by atoms with Gasteiger partial charge in [0.05, 0.1) is 0 Å². The van der Waals surface area contributed by atoms with Crippen LogP contribution >= 0.6 is 0 Å². The molecule has 5 heteroatoms. The number of carbonyl (C=O) groups is 1. The van der Waals surface area contributed by atoms with Crippen LogP contribution in [0.4, 0.5) is 14.9 Å². The van der Waals surface area contributed by atoms with Crippen molar-refractivity contribution >= 4 is 11.7 Å². The highest BCUT2D eigenvalue weighted by Crippen LogP contribution is 2.30. The van der Waals surface area contributed by atoms with Crippen LogP contribution in [0.2, 0.25) is 0 Å². The minimum Gasteiger partial charge on any atom is -0.323 e. The first-order chi connectivity index (χ1) is 9.54. The van der Waals surface area contributed by atoms with Crippen LogP contribution in [-0.2, 0) is 0 Å². The lowest BCUT2D eigenvalue weighted by atomic mass is 10.1. The third kappa shape index (κ3) is 2.38. The third-order valence-electron chi connectivity index (χ3n) is 4.55. The third-order valence-corrected chi connectivity index (χ3v) is 4.55. The van der Waals surface area contributed by atoms with Gasteiger partial charge in [0.2, 0.25) is 0 Å². The van der Waals surface area contributed by atoms with Gasteiger partial charge >= 0.3 is 6.03 Å². The van der Waals surface area contributed by atoms with Gasteiger partial charge < -0.3 is 15.1 Å². The molecule has 1 aromatic rings. The van der Waals surface area contributed by atoms with E-state index in [9.17, 15) is 9.18 Å². The first kappa shape index (κ1) is 13.4. The SMILES string of the molecule is Cc1ccc(F)cc1NC(=O)N1C[C@H]2CCN(C)[C@H]2C1. The highest BCUT2D eigenvalue weighted by molar-refractivity contribution is 5.90. The number of urea groups is 1. The van der Waals surface area contributed by atoms with Gasteiger partial charge in [-0.25, -0.2) is 9.18 Å². The molecule has 2 amide bonds. The van der Waals surface area contributed by atoms with E-state index in [1.807, 2.05) is 11.8 Å². The smallest absolute Gasteiger partial charge is 0.321 e. The lowest BCUT2D eigenvalue weighted by Gasteiger charge is -2.21. The number of fused-ring (bicyclic) bond motifs is 1. The first-order valence-electron chi connectivity index (χ1n) is 7.07. The van der Waals surface area contributed by atoms with E-state index in [0.717, 1.165) is 31.6 Å². The lowest BCUT2D eigenvalue weighted by Crippen LogP contribution is -2.37. The molecule has 20 heavy (non-hydrogen) atoms. The van der Waals surface area contributed by atoms with Gasteiger partial charge in [-0.3, -0.25) is 0 Å². The zero-order valence-electron chi connectivity index (χ0n) is 11.9. The average molecular weight is 277 g/mol. The Labute approximate surface area is 118 Å². The summed E-state index contributed by atoms with van der Waals surface area (Å²) >= 11 is 0. The Morgan fingerprint density at radius 1 is 1.40 bits per heavy atom. The van der Waals surface area contributed by atoms with E-state index in [-0.39, 0.29) is 11.8 Å². The summed E-state index contributed by atoms with van der Waals surface area (Å²) in [6.45, 7) is 4.55. The van der Waals surface area contributed by atoms with E-state index < -0.39 is 0 Å². The molecule has 1 N–H and O–H groups in total. The van der Waals surface area contributed by atoms with Crippen molar-refractivity contribution in [3.63, 3.8) is 0 Å². The predicted octanol–water partition coefficient (Wildman–Crippen LogP) is 2.30. The molecular formula is C15H20FN3O. The van der Waals surface area contributed by atoms with Crippen LogP contribution in [0.5, 0.6) is 0 Å². The summed E-state index contributed by atoms with van der Waals surface area (Å²) in [6, 6.07) is 4.81. The fourth-order valence-corrected chi connectivity index (χ4v) is 3.26. The number of aryl methyl sites for hydroxylation is 1. The zero-order chi connectivity index (χ0) is 14.3. The van der Waals surface area contributed by atoms with Gasteiger partial charge in [-0.15, -0.1) is 0 Å². The molecule has 0 bridgehead atoms. The summed E-state index contributed by atoms with van der Waals surface area (Å²) in [5, 5.41) is 2.83. The zero-order valence-corrected chi connectivity index (χ0v) is 11.9. The Hall–Kier alpha value is -1.62. The van der Waals surface area contributed by atoms with Crippen LogP contribution < -0.4 is 5.32 Å². The second kappa shape index (κ2) is 5.05. The second-order valence-corrected chi connectivity index (χ2v) is 5.89. The lowest BCUT2D eigenvalue weighted by molar-refractivity contribution is 0.213. The van der Waals surface area contributed by atoms with Crippen LogP contribution in [0.1, 0.15) is 12.0 Å². The molecule has 0 saturated carbocycles. The van der Waals surface area contributed by atoms with Crippen molar-refractivity contribution in [2.45, 2.75) is 19.4 Å². The number of hydrogen-bond acceptors (Lipinski definition) is 2. The molecule has 1 aromatic carbocycles. The number of likely N-dealkylation sites (N-methyl/N-ethyl adjacent to an activating group) is 1. The maximum Gasteiger partial charge on any atom is 0.321 e. The fourth-order valence-electron chi connectivity index (χ4n) is 3.26. The molecule has 0 spiro atoms. The molecule has 2 atom stereocenters. The van der Waals surface area contributed by atoms with E-state index in [2.05, 4.69) is 17.3 Å². The first-order valence-corrected chi connectivity index (χ1v) is 7.07. The van der Waals surface area contributed by atoms with Gasteiger partial charge in [0, 0.05) is 24.8 Å². The molecule has 0 aromatic heterocycles. The molecule has 2 heterocycles. The number of amides is 2. The molecule has 0 unspecified atom stereocenters. The molecule has 0 aliphatic carbocycles. The number of anilines is 1. The van der Waals surface area contributed by atoms with E-state index in [4.69, 9.17) is 0 Å². The molecule has 2 aliphatic heterocycles. The molecule has 2 aliphatic rings. The minimum absolute atomic E-state index is 0.124. The largest absolute Gasteiger partial charge is 0.323 e. The number of likely N-dealkylation sites (tertiary alicyclic amines) is 2. The second-order valence-electron chi connectivity index (χ2n) is 5.89. The van der Waals surface area contributed by atoms with Gasteiger partial charge in [0.15, 0.2) is 0 Å². The number of nitrogens with zero attached hydrogens (tertiary/aromatic N) is 2. The van der Waals surface area contributed by atoms with Crippen molar-refractivity contribution in [3.8, 4) is 0 Å². The van der Waals surface area contributed by atoms with Gasteiger partial charge in [-0.05, 0) is 50.6 Å². The minimum atomic E-state index is -0.330.